The Balaban J connectivity index is 1.20. The lowest BCUT2D eigenvalue weighted by atomic mass is 9.99. The van der Waals surface area contributed by atoms with Crippen LogP contribution in [0.15, 0.2) is 168 Å². The van der Waals surface area contributed by atoms with Gasteiger partial charge in [-0.3, -0.25) is 4.57 Å². The molecule has 0 radical (unpaired) electrons. The number of hydrogen-bond acceptors (Lipinski definition) is 4. The first-order chi connectivity index (χ1) is 26.3. The second-order valence-electron chi connectivity index (χ2n) is 13.7. The van der Waals surface area contributed by atoms with Crippen LogP contribution >= 0.6 is 11.3 Å². The Hall–Kier alpha value is -6.82. The summed E-state index contributed by atoms with van der Waals surface area (Å²) in [6.07, 6.45) is 0. The van der Waals surface area contributed by atoms with Crippen molar-refractivity contribution in [2.75, 3.05) is 0 Å². The standard InChI is InChI=1S/C48H27N3OS/c1-2-12-28(13-3-1)29-22-23-31-27-32(25-24-30(31)26-29)43-46-44(36-17-7-10-20-39(36)52-46)50-48(49-43)51-38-19-9-6-16-35(38)41-42-37-18-8-11-21-40(37)53-47(42)34-15-5-4-14-33(34)45(41)51/h1-27H. The monoisotopic (exact) mass is 693 g/mol. The van der Waals surface area contributed by atoms with Gasteiger partial charge in [0.15, 0.2) is 5.58 Å². The molecule has 8 aromatic carbocycles. The second-order valence-corrected chi connectivity index (χ2v) is 14.8. The molecule has 12 rings (SSSR count). The zero-order chi connectivity index (χ0) is 34.6. The maximum absolute atomic E-state index is 6.61. The largest absolute Gasteiger partial charge is 0.452 e. The van der Waals surface area contributed by atoms with E-state index in [4.69, 9.17) is 14.4 Å². The summed E-state index contributed by atoms with van der Waals surface area (Å²) in [7, 11) is 0. The maximum atomic E-state index is 6.61. The molecule has 0 fully saturated rings. The average Bonchev–Trinajstić information content (AvgIpc) is 3.91. The molecule has 0 spiro atoms. The van der Waals surface area contributed by atoms with E-state index in [1.165, 1.54) is 58.2 Å². The van der Waals surface area contributed by atoms with Crippen LogP contribution in [0.5, 0.6) is 0 Å². The zero-order valence-electron chi connectivity index (χ0n) is 28.2. The molecule has 5 heteroatoms. The summed E-state index contributed by atoms with van der Waals surface area (Å²) in [5, 5.41) is 10.7. The number of thiophene rings is 1. The quantitative estimate of drug-likeness (QED) is 0.185. The number of aromatic nitrogens is 3. The summed E-state index contributed by atoms with van der Waals surface area (Å²) in [5.41, 5.74) is 8.62. The van der Waals surface area contributed by atoms with Crippen molar-refractivity contribution in [2.24, 2.45) is 0 Å². The van der Waals surface area contributed by atoms with Gasteiger partial charge in [-0.2, -0.15) is 0 Å². The third-order valence-electron chi connectivity index (χ3n) is 10.8. The van der Waals surface area contributed by atoms with Gasteiger partial charge in [0.25, 0.3) is 0 Å². The van der Waals surface area contributed by atoms with E-state index >= 15 is 0 Å². The molecular weight excluding hydrogens is 667 g/mol. The van der Waals surface area contributed by atoms with Crippen molar-refractivity contribution in [1.82, 2.24) is 14.5 Å². The minimum absolute atomic E-state index is 0.619. The van der Waals surface area contributed by atoms with Gasteiger partial charge < -0.3 is 4.42 Å². The number of benzene rings is 8. The summed E-state index contributed by atoms with van der Waals surface area (Å²) in [4.78, 5) is 10.9. The highest BCUT2D eigenvalue weighted by atomic mass is 32.1. The molecule has 53 heavy (non-hydrogen) atoms. The van der Waals surface area contributed by atoms with Gasteiger partial charge in [0.2, 0.25) is 5.95 Å². The van der Waals surface area contributed by atoms with Crippen molar-refractivity contribution in [3.05, 3.63) is 164 Å². The highest BCUT2D eigenvalue weighted by molar-refractivity contribution is 7.27. The lowest BCUT2D eigenvalue weighted by molar-refractivity contribution is 0.666. The molecule has 0 saturated carbocycles. The molecule has 0 aliphatic heterocycles. The number of para-hydroxylation sites is 2. The first-order valence-electron chi connectivity index (χ1n) is 17.8. The Morgan fingerprint density at radius 3 is 2.00 bits per heavy atom. The van der Waals surface area contributed by atoms with Crippen molar-refractivity contribution in [2.45, 2.75) is 0 Å². The highest BCUT2D eigenvalue weighted by Crippen LogP contribution is 2.48. The molecule has 0 amide bonds. The first kappa shape index (κ1) is 28.8. The van der Waals surface area contributed by atoms with Crippen molar-refractivity contribution in [3.63, 3.8) is 0 Å². The van der Waals surface area contributed by atoms with E-state index in [0.29, 0.717) is 11.5 Å². The molecule has 0 aliphatic carbocycles. The second kappa shape index (κ2) is 10.8. The van der Waals surface area contributed by atoms with Gasteiger partial charge >= 0.3 is 0 Å². The lowest BCUT2D eigenvalue weighted by Crippen LogP contribution is -2.03. The van der Waals surface area contributed by atoms with E-state index in [-0.39, 0.29) is 0 Å². The third-order valence-corrected chi connectivity index (χ3v) is 12.0. The van der Waals surface area contributed by atoms with Crippen molar-refractivity contribution < 1.29 is 4.42 Å². The van der Waals surface area contributed by atoms with Crippen LogP contribution in [0, 0.1) is 0 Å². The average molecular weight is 694 g/mol. The molecule has 0 atom stereocenters. The Kier molecular flexibility index (Phi) is 5.90. The predicted molar refractivity (Wildman–Crippen MR) is 222 cm³/mol. The van der Waals surface area contributed by atoms with Gasteiger partial charge in [-0.1, -0.05) is 127 Å². The number of furan rings is 1. The Labute approximate surface area is 306 Å². The number of nitrogens with zero attached hydrogens (tertiary/aromatic N) is 3. The van der Waals surface area contributed by atoms with Gasteiger partial charge in [0.1, 0.15) is 16.8 Å². The van der Waals surface area contributed by atoms with E-state index in [0.717, 1.165) is 44.2 Å². The van der Waals surface area contributed by atoms with Crippen LogP contribution in [0.25, 0.3) is 114 Å². The Morgan fingerprint density at radius 1 is 0.491 bits per heavy atom. The molecule has 4 heterocycles. The predicted octanol–water partition coefficient (Wildman–Crippen LogP) is 13.5. The lowest BCUT2D eigenvalue weighted by Gasteiger charge is -2.12. The van der Waals surface area contributed by atoms with Gasteiger partial charge in [-0.25, -0.2) is 9.97 Å². The molecule has 0 unspecified atom stereocenters. The summed E-state index contributed by atoms with van der Waals surface area (Å²) in [5.74, 6) is 0.619. The van der Waals surface area contributed by atoms with Crippen LogP contribution in [0.3, 0.4) is 0 Å². The van der Waals surface area contributed by atoms with E-state index in [1.807, 2.05) is 29.5 Å². The molecule has 4 aromatic heterocycles. The van der Waals surface area contributed by atoms with E-state index in [9.17, 15) is 0 Å². The zero-order valence-corrected chi connectivity index (χ0v) is 29.1. The van der Waals surface area contributed by atoms with Gasteiger partial charge in [0, 0.05) is 52.7 Å². The fraction of sp³-hybridized carbons (Fsp3) is 0. The molecule has 246 valence electrons. The van der Waals surface area contributed by atoms with E-state index in [1.54, 1.807) is 0 Å². The molecule has 0 bridgehead atoms. The smallest absolute Gasteiger partial charge is 0.236 e. The van der Waals surface area contributed by atoms with E-state index in [2.05, 4.69) is 150 Å². The molecular formula is C48H27N3OS. The minimum atomic E-state index is 0.619. The van der Waals surface area contributed by atoms with Crippen molar-refractivity contribution in [3.8, 4) is 28.3 Å². The third kappa shape index (κ3) is 4.11. The van der Waals surface area contributed by atoms with Crippen LogP contribution in [0.2, 0.25) is 0 Å². The van der Waals surface area contributed by atoms with Crippen molar-refractivity contribution >= 4 is 96.9 Å². The first-order valence-corrected chi connectivity index (χ1v) is 18.6. The Bertz CT molecular complexity index is 3460. The van der Waals surface area contributed by atoms with Gasteiger partial charge in [-0.05, 0) is 58.3 Å². The van der Waals surface area contributed by atoms with Crippen LogP contribution in [-0.4, -0.2) is 14.5 Å². The van der Waals surface area contributed by atoms with E-state index < -0.39 is 0 Å². The van der Waals surface area contributed by atoms with Gasteiger partial charge in [-0.15, -0.1) is 11.3 Å². The number of hydrogen-bond donors (Lipinski definition) is 0. The van der Waals surface area contributed by atoms with Crippen LogP contribution in [0.1, 0.15) is 0 Å². The SMILES string of the molecule is c1ccc(-c2ccc3cc(-c4nc(-n5c6ccccc6c6c7c8ccccc8sc7c7ccccc7c65)nc5c4oc4ccccc45)ccc3c2)cc1. The summed E-state index contributed by atoms with van der Waals surface area (Å²) < 4.78 is 11.5. The molecule has 12 aromatic rings. The topological polar surface area (TPSA) is 43.9 Å². The molecule has 0 saturated heterocycles. The summed E-state index contributed by atoms with van der Waals surface area (Å²) in [6, 6.07) is 58.2. The minimum Gasteiger partial charge on any atom is -0.452 e. The van der Waals surface area contributed by atoms with Gasteiger partial charge in [0.05, 0.1) is 11.0 Å². The normalized spacial score (nSPS) is 12.2. The molecule has 0 N–H and O–H groups in total. The highest BCUT2D eigenvalue weighted by Gasteiger charge is 2.25. The molecule has 0 aliphatic rings. The van der Waals surface area contributed by atoms with Crippen LogP contribution in [-0.2, 0) is 0 Å². The number of rotatable bonds is 3. The Morgan fingerprint density at radius 2 is 1.15 bits per heavy atom. The number of fused-ring (bicyclic) bond motifs is 14. The fourth-order valence-corrected chi connectivity index (χ4v) is 9.65. The molecule has 4 nitrogen and oxygen atoms in total. The van der Waals surface area contributed by atoms with Crippen LogP contribution < -0.4 is 0 Å². The maximum Gasteiger partial charge on any atom is 0.236 e. The summed E-state index contributed by atoms with van der Waals surface area (Å²) in [6.45, 7) is 0. The fourth-order valence-electron chi connectivity index (χ4n) is 8.40. The van der Waals surface area contributed by atoms with Crippen molar-refractivity contribution in [1.29, 1.82) is 0 Å². The van der Waals surface area contributed by atoms with Crippen LogP contribution in [0.4, 0.5) is 0 Å². The summed E-state index contributed by atoms with van der Waals surface area (Å²) >= 11 is 1.87.